The summed E-state index contributed by atoms with van der Waals surface area (Å²) in [7, 11) is 0. The predicted molar refractivity (Wildman–Crippen MR) is 183 cm³/mol. The Bertz CT molecular complexity index is 1090. The number of benzene rings is 2. The van der Waals surface area contributed by atoms with Crippen molar-refractivity contribution in [2.24, 2.45) is 0 Å². The third kappa shape index (κ3) is 18.4. The highest BCUT2D eigenvalue weighted by Gasteiger charge is 2.17. The van der Waals surface area contributed by atoms with Gasteiger partial charge in [0, 0.05) is 30.3 Å². The van der Waals surface area contributed by atoms with Crippen molar-refractivity contribution in [3.8, 4) is 23.0 Å². The first kappa shape index (κ1) is 38.6. The number of phenolic OH excluding ortho intramolecular Hbond substituents is 1. The molecular weight excluding hydrogens is 586 g/mol. The Morgan fingerprint density at radius 3 is 1.50 bits per heavy atom. The van der Waals surface area contributed by atoms with Gasteiger partial charge in [0.05, 0.1) is 19.8 Å². The Hall–Kier alpha value is -3.62. The Morgan fingerprint density at radius 2 is 1.02 bits per heavy atom. The van der Waals surface area contributed by atoms with Crippen LogP contribution in [0.15, 0.2) is 42.5 Å². The molecule has 0 fully saturated rings. The lowest BCUT2D eigenvalue weighted by atomic mass is 10.0. The highest BCUT2D eigenvalue weighted by atomic mass is 16.5. The summed E-state index contributed by atoms with van der Waals surface area (Å²) in [5, 5.41) is 28.5. The number of anilines is 1. The van der Waals surface area contributed by atoms with E-state index in [-0.39, 0.29) is 5.75 Å². The first-order chi connectivity index (χ1) is 22.4. The second-order valence-electron chi connectivity index (χ2n) is 12.0. The fourth-order valence-electron chi connectivity index (χ4n) is 5.32. The van der Waals surface area contributed by atoms with E-state index in [4.69, 9.17) is 14.2 Å². The SMILES string of the molecule is CCCCCCCCCCCCCCCCCCOc1cc(OCCCOc2ccccc2O)cc(N(CC(=O)O)CC(=O)O)c1. The normalized spacial score (nSPS) is 10.9. The van der Waals surface area contributed by atoms with Gasteiger partial charge in [0.1, 0.15) is 24.6 Å². The summed E-state index contributed by atoms with van der Waals surface area (Å²) in [5.74, 6) is -0.858. The number of aliphatic carboxylic acids is 2. The van der Waals surface area contributed by atoms with E-state index in [2.05, 4.69) is 6.92 Å². The fraction of sp³-hybridized carbons (Fsp3) is 0.622. The van der Waals surface area contributed by atoms with Gasteiger partial charge < -0.3 is 34.4 Å². The summed E-state index contributed by atoms with van der Waals surface area (Å²) in [6.45, 7) is 2.45. The number of unbranched alkanes of at least 4 members (excludes halogenated alkanes) is 15. The van der Waals surface area contributed by atoms with Crippen LogP contribution in [0.2, 0.25) is 0 Å². The molecule has 2 rings (SSSR count). The van der Waals surface area contributed by atoms with Gasteiger partial charge in [-0.25, -0.2) is 0 Å². The molecular formula is C37H57NO8. The largest absolute Gasteiger partial charge is 0.504 e. The quantitative estimate of drug-likeness (QED) is 0.0745. The summed E-state index contributed by atoms with van der Waals surface area (Å²) in [6.07, 6.45) is 21.2. The topological polar surface area (TPSA) is 126 Å². The number of carbonyl (C=O) groups is 2. The van der Waals surface area contributed by atoms with E-state index in [9.17, 15) is 24.9 Å². The van der Waals surface area contributed by atoms with Crippen molar-refractivity contribution in [1.29, 1.82) is 0 Å². The fourth-order valence-corrected chi connectivity index (χ4v) is 5.32. The van der Waals surface area contributed by atoms with E-state index in [0.717, 1.165) is 12.8 Å². The predicted octanol–water partition coefficient (Wildman–Crippen LogP) is 8.86. The first-order valence-electron chi connectivity index (χ1n) is 17.4. The minimum Gasteiger partial charge on any atom is -0.504 e. The second-order valence-corrected chi connectivity index (χ2v) is 12.0. The zero-order valence-corrected chi connectivity index (χ0v) is 27.9. The van der Waals surface area contributed by atoms with E-state index in [1.54, 1.807) is 42.5 Å². The molecule has 2 aromatic carbocycles. The van der Waals surface area contributed by atoms with Crippen LogP contribution in [-0.2, 0) is 9.59 Å². The Kier molecular flexibility index (Phi) is 20.6. The summed E-state index contributed by atoms with van der Waals surface area (Å²) < 4.78 is 17.5. The molecule has 0 heterocycles. The molecule has 3 N–H and O–H groups in total. The van der Waals surface area contributed by atoms with Crippen LogP contribution in [0.5, 0.6) is 23.0 Å². The van der Waals surface area contributed by atoms with E-state index in [0.29, 0.717) is 49.2 Å². The van der Waals surface area contributed by atoms with Crippen molar-refractivity contribution >= 4 is 17.6 Å². The lowest BCUT2D eigenvalue weighted by molar-refractivity contribution is -0.136. The number of aromatic hydroxyl groups is 1. The molecule has 0 aliphatic rings. The molecule has 2 aromatic rings. The zero-order chi connectivity index (χ0) is 33.2. The van der Waals surface area contributed by atoms with Crippen molar-refractivity contribution in [1.82, 2.24) is 0 Å². The van der Waals surface area contributed by atoms with Gasteiger partial charge in [0.25, 0.3) is 0 Å². The van der Waals surface area contributed by atoms with Crippen LogP contribution in [-0.4, -0.2) is 60.2 Å². The number of rotatable bonds is 29. The molecule has 9 heteroatoms. The average molecular weight is 644 g/mol. The molecule has 0 spiro atoms. The van der Waals surface area contributed by atoms with Crippen molar-refractivity contribution in [2.75, 3.05) is 37.8 Å². The molecule has 0 unspecified atom stereocenters. The number of para-hydroxylation sites is 2. The molecule has 46 heavy (non-hydrogen) atoms. The lowest BCUT2D eigenvalue weighted by Crippen LogP contribution is -2.34. The van der Waals surface area contributed by atoms with Crippen molar-refractivity contribution in [3.05, 3.63) is 42.5 Å². The standard InChI is InChI=1S/C37H57NO8/c1-2-3-4-5-6-7-8-9-10-11-12-13-14-15-16-19-23-44-32-26-31(38(29-36(40)41)30-37(42)43)27-33(28-32)45-24-20-25-46-35-22-18-17-21-34(35)39/h17-18,21-22,26-28,39H,2-16,19-20,23-25,29-30H2,1H3,(H,40,41)(H,42,43). The molecule has 0 saturated carbocycles. The van der Waals surface area contributed by atoms with Crippen LogP contribution < -0.4 is 19.1 Å². The maximum atomic E-state index is 11.4. The second kappa shape index (κ2) is 24.6. The molecule has 0 amide bonds. The van der Waals surface area contributed by atoms with Crippen LogP contribution in [0.25, 0.3) is 0 Å². The highest BCUT2D eigenvalue weighted by molar-refractivity contribution is 5.80. The maximum absolute atomic E-state index is 11.4. The van der Waals surface area contributed by atoms with Gasteiger partial charge in [-0.15, -0.1) is 0 Å². The van der Waals surface area contributed by atoms with Crippen LogP contribution in [0.4, 0.5) is 5.69 Å². The molecule has 0 aromatic heterocycles. The van der Waals surface area contributed by atoms with Crippen LogP contribution >= 0.6 is 0 Å². The summed E-state index contributed by atoms with van der Waals surface area (Å²) >= 11 is 0. The first-order valence-corrected chi connectivity index (χ1v) is 17.4. The number of carboxylic acid groups (broad SMARTS) is 2. The number of ether oxygens (including phenoxy) is 3. The molecule has 258 valence electrons. The van der Waals surface area contributed by atoms with Gasteiger partial charge in [-0.1, -0.05) is 115 Å². The van der Waals surface area contributed by atoms with Gasteiger partial charge in [0.2, 0.25) is 0 Å². The molecule has 0 saturated heterocycles. The smallest absolute Gasteiger partial charge is 0.323 e. The summed E-state index contributed by atoms with van der Waals surface area (Å²) in [4.78, 5) is 24.1. The Morgan fingerprint density at radius 1 is 0.587 bits per heavy atom. The van der Waals surface area contributed by atoms with E-state index < -0.39 is 25.0 Å². The van der Waals surface area contributed by atoms with Gasteiger partial charge >= 0.3 is 11.9 Å². The van der Waals surface area contributed by atoms with Gasteiger partial charge in [-0.05, 0) is 18.6 Å². The number of nitrogens with zero attached hydrogens (tertiary/aromatic N) is 1. The van der Waals surface area contributed by atoms with E-state index in [1.165, 1.54) is 94.8 Å². The number of hydrogen-bond donors (Lipinski definition) is 3. The van der Waals surface area contributed by atoms with Crippen LogP contribution in [0.3, 0.4) is 0 Å². The lowest BCUT2D eigenvalue weighted by Gasteiger charge is -2.22. The summed E-state index contributed by atoms with van der Waals surface area (Å²) in [6, 6.07) is 11.7. The van der Waals surface area contributed by atoms with Crippen molar-refractivity contribution in [3.63, 3.8) is 0 Å². The minimum absolute atomic E-state index is 0.0687. The summed E-state index contributed by atoms with van der Waals surface area (Å²) in [5.41, 5.74) is 0.398. The molecule has 0 atom stereocenters. The van der Waals surface area contributed by atoms with Gasteiger partial charge in [-0.3, -0.25) is 9.59 Å². The highest BCUT2D eigenvalue weighted by Crippen LogP contribution is 2.30. The third-order valence-corrected chi connectivity index (χ3v) is 7.83. The number of phenols is 1. The van der Waals surface area contributed by atoms with Crippen molar-refractivity contribution in [2.45, 2.75) is 116 Å². The third-order valence-electron chi connectivity index (χ3n) is 7.83. The number of carboxylic acids is 2. The molecule has 0 radical (unpaired) electrons. The molecule has 0 bridgehead atoms. The van der Waals surface area contributed by atoms with Gasteiger partial charge in [0.15, 0.2) is 11.5 Å². The molecule has 0 aliphatic heterocycles. The minimum atomic E-state index is -1.13. The average Bonchev–Trinajstić information content (AvgIpc) is 3.02. The maximum Gasteiger partial charge on any atom is 0.323 e. The molecule has 9 nitrogen and oxygen atoms in total. The Balaban J connectivity index is 1.72. The van der Waals surface area contributed by atoms with Crippen LogP contribution in [0, 0.1) is 0 Å². The van der Waals surface area contributed by atoms with Crippen molar-refractivity contribution < 1.29 is 39.1 Å². The molecule has 0 aliphatic carbocycles. The number of hydrogen-bond acceptors (Lipinski definition) is 7. The zero-order valence-electron chi connectivity index (χ0n) is 27.9. The van der Waals surface area contributed by atoms with Crippen LogP contribution in [0.1, 0.15) is 116 Å². The van der Waals surface area contributed by atoms with E-state index >= 15 is 0 Å². The Labute approximate surface area is 275 Å². The van der Waals surface area contributed by atoms with E-state index in [1.807, 2.05) is 0 Å². The van der Waals surface area contributed by atoms with Gasteiger partial charge in [-0.2, -0.15) is 0 Å². The monoisotopic (exact) mass is 643 g/mol.